The highest BCUT2D eigenvalue weighted by molar-refractivity contribution is 5.93. The number of rotatable bonds is 2. The van der Waals surface area contributed by atoms with Gasteiger partial charge in [-0.05, 0) is 52.0 Å². The minimum Gasteiger partial charge on any atom is -0.456 e. The summed E-state index contributed by atoms with van der Waals surface area (Å²) in [6.07, 6.45) is 0. The van der Waals surface area contributed by atoms with Gasteiger partial charge >= 0.3 is 0 Å². The molecule has 1 aliphatic rings. The Balaban J connectivity index is 1.74. The molecule has 2 aromatic heterocycles. The maximum absolute atomic E-state index is 12.6. The minimum atomic E-state index is -0.136. The van der Waals surface area contributed by atoms with Crippen molar-refractivity contribution < 1.29 is 18.4 Å². The molecule has 1 saturated heterocycles. The summed E-state index contributed by atoms with van der Waals surface area (Å²) in [5, 5.41) is 0. The lowest BCUT2D eigenvalue weighted by Gasteiger charge is -2.43. The lowest BCUT2D eigenvalue weighted by molar-refractivity contribution is 0.0237. The number of hydrogen-bond donors (Lipinski definition) is 0. The van der Waals surface area contributed by atoms with E-state index in [1.54, 1.807) is 34.1 Å². The van der Waals surface area contributed by atoms with Gasteiger partial charge in [-0.25, -0.2) is 0 Å². The second-order valence-corrected chi connectivity index (χ2v) is 6.43. The number of hydrogen-bond acceptors (Lipinski definition) is 4. The van der Waals surface area contributed by atoms with E-state index in [9.17, 15) is 9.59 Å². The van der Waals surface area contributed by atoms with Gasteiger partial charge in [0, 0.05) is 25.2 Å². The van der Waals surface area contributed by atoms with Crippen molar-refractivity contribution in [2.75, 3.05) is 13.1 Å². The molecule has 3 heterocycles. The number of carbonyl (C=O) groups excluding carboxylic acids is 2. The average molecular weight is 330 g/mol. The first-order chi connectivity index (χ1) is 11.4. The lowest BCUT2D eigenvalue weighted by atomic mass is 10.1. The van der Waals surface area contributed by atoms with E-state index < -0.39 is 0 Å². The summed E-state index contributed by atoms with van der Waals surface area (Å²) in [5.41, 5.74) is 0. The molecule has 6 nitrogen and oxygen atoms in total. The quantitative estimate of drug-likeness (QED) is 0.849. The topological polar surface area (TPSA) is 66.9 Å². The number of nitrogens with zero attached hydrogens (tertiary/aromatic N) is 2. The van der Waals surface area contributed by atoms with Crippen LogP contribution in [0.25, 0.3) is 0 Å². The number of amides is 2. The van der Waals surface area contributed by atoms with E-state index >= 15 is 0 Å². The van der Waals surface area contributed by atoms with Crippen LogP contribution in [0.2, 0.25) is 0 Å². The molecule has 2 atom stereocenters. The van der Waals surface area contributed by atoms with Crippen molar-refractivity contribution in [3.63, 3.8) is 0 Å². The van der Waals surface area contributed by atoms with Gasteiger partial charge in [0.25, 0.3) is 11.8 Å². The van der Waals surface area contributed by atoms with Crippen molar-refractivity contribution in [3.8, 4) is 0 Å². The van der Waals surface area contributed by atoms with Crippen molar-refractivity contribution in [1.29, 1.82) is 0 Å². The van der Waals surface area contributed by atoms with Gasteiger partial charge in [-0.2, -0.15) is 0 Å². The third kappa shape index (κ3) is 2.96. The highest BCUT2D eigenvalue weighted by atomic mass is 16.4. The molecule has 1 aliphatic heterocycles. The lowest BCUT2D eigenvalue weighted by Crippen LogP contribution is -2.59. The number of aryl methyl sites for hydroxylation is 2. The Morgan fingerprint density at radius 1 is 0.833 bits per heavy atom. The van der Waals surface area contributed by atoms with Gasteiger partial charge in [0.05, 0.1) is 0 Å². The molecule has 0 aromatic carbocycles. The first-order valence-electron chi connectivity index (χ1n) is 8.11. The zero-order valence-corrected chi connectivity index (χ0v) is 14.4. The van der Waals surface area contributed by atoms with Gasteiger partial charge in [-0.15, -0.1) is 0 Å². The van der Waals surface area contributed by atoms with Crippen LogP contribution in [0.5, 0.6) is 0 Å². The number of furan rings is 2. The first-order valence-corrected chi connectivity index (χ1v) is 8.11. The summed E-state index contributed by atoms with van der Waals surface area (Å²) < 4.78 is 10.9. The molecule has 0 spiro atoms. The van der Waals surface area contributed by atoms with Gasteiger partial charge < -0.3 is 18.6 Å². The molecule has 0 bridgehead atoms. The molecule has 24 heavy (non-hydrogen) atoms. The van der Waals surface area contributed by atoms with Gasteiger partial charge in [-0.1, -0.05) is 0 Å². The molecule has 2 amide bonds. The molecule has 0 radical (unpaired) electrons. The molecule has 6 heteroatoms. The molecule has 0 saturated carbocycles. The van der Waals surface area contributed by atoms with Crippen molar-refractivity contribution in [2.45, 2.75) is 39.8 Å². The minimum absolute atomic E-state index is 0.0980. The summed E-state index contributed by atoms with van der Waals surface area (Å²) in [7, 11) is 0. The van der Waals surface area contributed by atoms with E-state index in [2.05, 4.69) is 0 Å². The van der Waals surface area contributed by atoms with Gasteiger partial charge in [-0.3, -0.25) is 9.59 Å². The highest BCUT2D eigenvalue weighted by Gasteiger charge is 2.36. The summed E-state index contributed by atoms with van der Waals surface area (Å²) in [6.45, 7) is 8.42. The maximum Gasteiger partial charge on any atom is 0.289 e. The molecule has 0 N–H and O–H groups in total. The largest absolute Gasteiger partial charge is 0.456 e. The smallest absolute Gasteiger partial charge is 0.289 e. The summed E-state index contributed by atoms with van der Waals surface area (Å²) in [5.74, 6) is 1.83. The van der Waals surface area contributed by atoms with E-state index in [1.165, 1.54) is 0 Å². The van der Waals surface area contributed by atoms with E-state index in [0.717, 1.165) is 0 Å². The third-order valence-corrected chi connectivity index (χ3v) is 4.41. The number of carbonyl (C=O) groups is 2. The molecule has 1 fully saturated rings. The second kappa shape index (κ2) is 6.19. The monoisotopic (exact) mass is 330 g/mol. The van der Waals surface area contributed by atoms with Crippen LogP contribution in [-0.4, -0.2) is 46.8 Å². The fourth-order valence-corrected chi connectivity index (χ4v) is 3.07. The molecule has 3 rings (SSSR count). The maximum atomic E-state index is 12.6. The average Bonchev–Trinajstić information content (AvgIpc) is 3.16. The van der Waals surface area contributed by atoms with Crippen LogP contribution < -0.4 is 0 Å². The Morgan fingerprint density at radius 3 is 1.50 bits per heavy atom. The normalized spacial score (nSPS) is 21.2. The third-order valence-electron chi connectivity index (χ3n) is 4.41. The molecule has 0 aliphatic carbocycles. The second-order valence-electron chi connectivity index (χ2n) is 6.43. The van der Waals surface area contributed by atoms with Crippen molar-refractivity contribution >= 4 is 11.8 Å². The van der Waals surface area contributed by atoms with E-state index in [0.29, 0.717) is 36.1 Å². The Bertz CT molecular complexity index is 696. The van der Waals surface area contributed by atoms with E-state index in [-0.39, 0.29) is 23.9 Å². The molecule has 128 valence electrons. The van der Waals surface area contributed by atoms with Crippen LogP contribution in [0.15, 0.2) is 33.1 Å². The molecular formula is C18H22N2O4. The van der Waals surface area contributed by atoms with Crippen molar-refractivity contribution in [3.05, 3.63) is 47.3 Å². The van der Waals surface area contributed by atoms with Gasteiger partial charge in [0.1, 0.15) is 11.5 Å². The van der Waals surface area contributed by atoms with Crippen LogP contribution in [0, 0.1) is 13.8 Å². The Hall–Kier alpha value is -2.50. The summed E-state index contributed by atoms with van der Waals surface area (Å²) in [6, 6.07) is 6.75. The van der Waals surface area contributed by atoms with Crippen LogP contribution in [-0.2, 0) is 0 Å². The first kappa shape index (κ1) is 16.4. The Labute approximate surface area is 141 Å². The Morgan fingerprint density at radius 2 is 1.21 bits per heavy atom. The fourth-order valence-electron chi connectivity index (χ4n) is 3.07. The van der Waals surface area contributed by atoms with Crippen LogP contribution in [0.4, 0.5) is 0 Å². The highest BCUT2D eigenvalue weighted by Crippen LogP contribution is 2.21. The molecular weight excluding hydrogens is 308 g/mol. The van der Waals surface area contributed by atoms with Crippen LogP contribution >= 0.6 is 0 Å². The van der Waals surface area contributed by atoms with Crippen molar-refractivity contribution in [2.24, 2.45) is 0 Å². The fraction of sp³-hybridized carbons (Fsp3) is 0.444. The molecule has 0 unspecified atom stereocenters. The predicted octanol–water partition coefficient (Wildman–Crippen LogP) is 2.86. The summed E-state index contributed by atoms with van der Waals surface area (Å²) >= 11 is 0. The van der Waals surface area contributed by atoms with Gasteiger partial charge in [0.2, 0.25) is 0 Å². The van der Waals surface area contributed by atoms with Gasteiger partial charge in [0.15, 0.2) is 11.5 Å². The SMILES string of the molecule is Cc1ccc(C(=O)N2C[C@H](C)N(C(=O)c3ccc(C)o3)C[C@@H]2C)o1. The van der Waals surface area contributed by atoms with E-state index in [4.69, 9.17) is 8.83 Å². The Kier molecular flexibility index (Phi) is 4.22. The van der Waals surface area contributed by atoms with Crippen molar-refractivity contribution in [1.82, 2.24) is 9.80 Å². The van der Waals surface area contributed by atoms with Crippen LogP contribution in [0.1, 0.15) is 46.5 Å². The predicted molar refractivity (Wildman–Crippen MR) is 87.9 cm³/mol. The number of piperazine rings is 1. The zero-order chi connectivity index (χ0) is 17.4. The van der Waals surface area contributed by atoms with Crippen LogP contribution in [0.3, 0.4) is 0 Å². The standard InChI is InChI=1S/C18H22N2O4/c1-11-9-20(18(22)16-8-6-14(4)24-16)12(2)10-19(11)17(21)15-7-5-13(3)23-15/h5-8,11-12H,9-10H2,1-4H3/t11-,12-/m0/s1. The zero-order valence-electron chi connectivity index (χ0n) is 14.4. The molecule has 2 aromatic rings. The van der Waals surface area contributed by atoms with E-state index in [1.807, 2.05) is 27.7 Å². The summed E-state index contributed by atoms with van der Waals surface area (Å²) in [4.78, 5) is 28.8.